The van der Waals surface area contributed by atoms with E-state index in [0.29, 0.717) is 32.1 Å². The van der Waals surface area contributed by atoms with E-state index in [-0.39, 0.29) is 5.91 Å². The molecule has 0 spiro atoms. The second-order valence-electron chi connectivity index (χ2n) is 5.87. The van der Waals surface area contributed by atoms with Gasteiger partial charge in [0.15, 0.2) is 0 Å². The maximum Gasteiger partial charge on any atom is 0.220 e. The molecule has 1 aromatic rings. The number of aliphatic hydroxyl groups excluding tert-OH is 1. The Bertz CT molecular complexity index is 431. The van der Waals surface area contributed by atoms with Gasteiger partial charge in [-0.3, -0.25) is 4.79 Å². The van der Waals surface area contributed by atoms with Crippen LogP contribution in [0.4, 0.5) is 0 Å². The van der Waals surface area contributed by atoms with Crippen LogP contribution in [0, 0.1) is 5.92 Å². The lowest BCUT2D eigenvalue weighted by molar-refractivity contribution is -0.121. The average molecular weight is 326 g/mol. The minimum absolute atomic E-state index is 0.125. The smallest absolute Gasteiger partial charge is 0.220 e. The van der Waals surface area contributed by atoms with Crippen molar-refractivity contribution in [3.05, 3.63) is 22.4 Å². The molecule has 2 rings (SSSR count). The van der Waals surface area contributed by atoms with Gasteiger partial charge in [-0.05, 0) is 43.3 Å². The standard InChI is InChI=1S/C16H26N2O3S/c1-17-16(20)9-13-4-6-18(7-5-13)10-14(19)11-21-12-15-3-2-8-22-15/h2-3,8,13-14,19H,4-7,9-12H2,1H3,(H,17,20). The molecule has 0 bridgehead atoms. The largest absolute Gasteiger partial charge is 0.389 e. The molecule has 1 amide bonds. The Morgan fingerprint density at radius 1 is 1.55 bits per heavy atom. The number of aliphatic hydroxyl groups is 1. The summed E-state index contributed by atoms with van der Waals surface area (Å²) in [6, 6.07) is 4.04. The van der Waals surface area contributed by atoms with E-state index < -0.39 is 6.10 Å². The third-order valence-electron chi connectivity index (χ3n) is 4.06. The van der Waals surface area contributed by atoms with Crippen LogP contribution in [0.3, 0.4) is 0 Å². The zero-order valence-electron chi connectivity index (χ0n) is 13.2. The molecule has 6 heteroatoms. The first-order chi connectivity index (χ1) is 10.7. The molecule has 124 valence electrons. The fourth-order valence-corrected chi connectivity index (χ4v) is 3.42. The molecule has 0 aliphatic carbocycles. The summed E-state index contributed by atoms with van der Waals surface area (Å²) in [5, 5.41) is 14.8. The highest BCUT2D eigenvalue weighted by molar-refractivity contribution is 7.09. The van der Waals surface area contributed by atoms with E-state index in [0.717, 1.165) is 25.9 Å². The van der Waals surface area contributed by atoms with Gasteiger partial charge in [0.05, 0.1) is 19.3 Å². The Labute approximate surface area is 136 Å². The molecule has 22 heavy (non-hydrogen) atoms. The third kappa shape index (κ3) is 6.04. The molecular weight excluding hydrogens is 300 g/mol. The summed E-state index contributed by atoms with van der Waals surface area (Å²) in [6.45, 7) is 3.49. The van der Waals surface area contributed by atoms with Gasteiger partial charge in [0, 0.05) is 24.9 Å². The molecule has 1 aliphatic heterocycles. The molecular formula is C16H26N2O3S. The number of carbonyl (C=O) groups is 1. The van der Waals surface area contributed by atoms with Gasteiger partial charge in [0.25, 0.3) is 0 Å². The van der Waals surface area contributed by atoms with Gasteiger partial charge in [0.2, 0.25) is 5.91 Å². The van der Waals surface area contributed by atoms with Gasteiger partial charge < -0.3 is 20.1 Å². The van der Waals surface area contributed by atoms with Crippen LogP contribution in [0.5, 0.6) is 0 Å². The van der Waals surface area contributed by atoms with Crippen molar-refractivity contribution in [3.8, 4) is 0 Å². The number of β-amino-alcohol motifs (C(OH)–C–C–N with tert-alkyl or cyclic N) is 1. The molecule has 1 atom stereocenters. The fraction of sp³-hybridized carbons (Fsp3) is 0.688. The molecule has 1 saturated heterocycles. The van der Waals surface area contributed by atoms with Crippen molar-refractivity contribution in [2.75, 3.05) is 33.3 Å². The number of rotatable bonds is 8. The third-order valence-corrected chi connectivity index (χ3v) is 4.91. The second-order valence-corrected chi connectivity index (χ2v) is 6.90. The van der Waals surface area contributed by atoms with E-state index in [2.05, 4.69) is 10.2 Å². The average Bonchev–Trinajstić information content (AvgIpc) is 3.02. The van der Waals surface area contributed by atoms with E-state index >= 15 is 0 Å². The van der Waals surface area contributed by atoms with E-state index in [1.165, 1.54) is 4.88 Å². The highest BCUT2D eigenvalue weighted by Gasteiger charge is 2.22. The van der Waals surface area contributed by atoms with Gasteiger partial charge in [0.1, 0.15) is 0 Å². The molecule has 0 saturated carbocycles. The summed E-state index contributed by atoms with van der Waals surface area (Å²) in [6.07, 6.45) is 2.22. The van der Waals surface area contributed by atoms with Crippen LogP contribution in [-0.4, -0.2) is 55.3 Å². The molecule has 5 nitrogen and oxygen atoms in total. The van der Waals surface area contributed by atoms with E-state index in [1.807, 2.05) is 17.5 Å². The Kier molecular flexibility index (Phi) is 7.32. The Balaban J connectivity index is 1.58. The molecule has 1 aliphatic rings. The first-order valence-corrected chi connectivity index (χ1v) is 8.76. The zero-order valence-corrected chi connectivity index (χ0v) is 14.0. The molecule has 1 aromatic heterocycles. The SMILES string of the molecule is CNC(=O)CC1CCN(CC(O)COCc2cccs2)CC1. The van der Waals surface area contributed by atoms with E-state index in [1.54, 1.807) is 18.4 Å². The van der Waals surface area contributed by atoms with Crippen LogP contribution >= 0.6 is 11.3 Å². The van der Waals surface area contributed by atoms with Crippen molar-refractivity contribution in [1.29, 1.82) is 0 Å². The maximum atomic E-state index is 11.4. The monoisotopic (exact) mass is 326 g/mol. The number of carbonyl (C=O) groups excluding carboxylic acids is 1. The quantitative estimate of drug-likeness (QED) is 0.759. The molecule has 0 aromatic carbocycles. The van der Waals surface area contributed by atoms with Crippen LogP contribution in [-0.2, 0) is 16.1 Å². The molecule has 1 unspecified atom stereocenters. The number of hydrogen-bond acceptors (Lipinski definition) is 5. The molecule has 2 N–H and O–H groups in total. The lowest BCUT2D eigenvalue weighted by Gasteiger charge is -2.32. The number of piperidine rings is 1. The highest BCUT2D eigenvalue weighted by Crippen LogP contribution is 2.20. The van der Waals surface area contributed by atoms with Crippen molar-refractivity contribution in [2.24, 2.45) is 5.92 Å². The van der Waals surface area contributed by atoms with Gasteiger partial charge in [-0.25, -0.2) is 0 Å². The summed E-state index contributed by atoms with van der Waals surface area (Å²) in [5.74, 6) is 0.601. The van der Waals surface area contributed by atoms with Gasteiger partial charge in [-0.15, -0.1) is 11.3 Å². The number of hydrogen-bond donors (Lipinski definition) is 2. The van der Waals surface area contributed by atoms with E-state index in [4.69, 9.17) is 4.74 Å². The van der Waals surface area contributed by atoms with E-state index in [9.17, 15) is 9.90 Å². The summed E-state index contributed by atoms with van der Waals surface area (Å²) in [4.78, 5) is 14.8. The number of nitrogens with one attached hydrogen (secondary N) is 1. The number of ether oxygens (including phenoxy) is 1. The summed E-state index contributed by atoms with van der Waals surface area (Å²) < 4.78 is 5.55. The van der Waals surface area contributed by atoms with Crippen LogP contribution < -0.4 is 5.32 Å². The number of likely N-dealkylation sites (tertiary alicyclic amines) is 1. The van der Waals surface area contributed by atoms with Crippen LogP contribution in [0.25, 0.3) is 0 Å². The van der Waals surface area contributed by atoms with Gasteiger partial charge in [-0.1, -0.05) is 6.07 Å². The number of nitrogens with zero attached hydrogens (tertiary/aromatic N) is 1. The van der Waals surface area contributed by atoms with Crippen molar-refractivity contribution in [1.82, 2.24) is 10.2 Å². The zero-order chi connectivity index (χ0) is 15.8. The van der Waals surface area contributed by atoms with Gasteiger partial charge in [-0.2, -0.15) is 0 Å². The van der Waals surface area contributed by atoms with Crippen LogP contribution in [0.1, 0.15) is 24.1 Å². The summed E-state index contributed by atoms with van der Waals surface area (Å²) in [5.41, 5.74) is 0. The lowest BCUT2D eigenvalue weighted by atomic mass is 9.93. The summed E-state index contributed by atoms with van der Waals surface area (Å²) in [7, 11) is 1.68. The maximum absolute atomic E-state index is 11.4. The van der Waals surface area contributed by atoms with Crippen molar-refractivity contribution in [3.63, 3.8) is 0 Å². The van der Waals surface area contributed by atoms with Crippen molar-refractivity contribution >= 4 is 17.2 Å². The summed E-state index contributed by atoms with van der Waals surface area (Å²) >= 11 is 1.67. The second kappa shape index (κ2) is 9.25. The number of amides is 1. The van der Waals surface area contributed by atoms with Crippen molar-refractivity contribution in [2.45, 2.75) is 32.0 Å². The minimum atomic E-state index is -0.449. The fourth-order valence-electron chi connectivity index (χ4n) is 2.78. The molecule has 1 fully saturated rings. The first kappa shape index (κ1) is 17.4. The Hall–Kier alpha value is -0.950. The normalized spacial score (nSPS) is 18.3. The first-order valence-electron chi connectivity index (χ1n) is 7.88. The number of thiophene rings is 1. The Morgan fingerprint density at radius 2 is 2.32 bits per heavy atom. The highest BCUT2D eigenvalue weighted by atomic mass is 32.1. The minimum Gasteiger partial charge on any atom is -0.389 e. The van der Waals surface area contributed by atoms with Crippen LogP contribution in [0.15, 0.2) is 17.5 Å². The topological polar surface area (TPSA) is 61.8 Å². The molecule has 0 radical (unpaired) electrons. The predicted octanol–water partition coefficient (Wildman–Crippen LogP) is 1.47. The predicted molar refractivity (Wildman–Crippen MR) is 87.8 cm³/mol. The van der Waals surface area contributed by atoms with Crippen LogP contribution in [0.2, 0.25) is 0 Å². The molecule has 2 heterocycles. The lowest BCUT2D eigenvalue weighted by Crippen LogP contribution is -2.41. The van der Waals surface area contributed by atoms with Gasteiger partial charge >= 0.3 is 0 Å². The Morgan fingerprint density at radius 3 is 2.95 bits per heavy atom. The van der Waals surface area contributed by atoms with Crippen molar-refractivity contribution < 1.29 is 14.6 Å².